The lowest BCUT2D eigenvalue weighted by Crippen LogP contribution is -2.33. The number of amides is 1. The Balaban J connectivity index is 1.44. The zero-order chi connectivity index (χ0) is 24.2. The van der Waals surface area contributed by atoms with Crippen molar-refractivity contribution >= 4 is 28.9 Å². The molecule has 0 radical (unpaired) electrons. The fourth-order valence-electron chi connectivity index (χ4n) is 4.42. The van der Waals surface area contributed by atoms with Crippen molar-refractivity contribution in [3.05, 3.63) is 115 Å². The summed E-state index contributed by atoms with van der Waals surface area (Å²) >= 11 is 5.72. The highest BCUT2D eigenvalue weighted by Gasteiger charge is 2.41. The molecule has 1 fully saturated rings. The van der Waals surface area contributed by atoms with Crippen LogP contribution in [0.25, 0.3) is 5.69 Å². The van der Waals surface area contributed by atoms with Crippen molar-refractivity contribution in [2.24, 2.45) is 0 Å². The molecule has 2 aromatic heterocycles. The SMILES string of the molecule is O=C(CCN1C(=S)N[C@H](c2ccccn2)[C@@H]1c1cccn1-c1ccccc1)Nc1ccccc1F. The molecule has 0 bridgehead atoms. The Kier molecular flexibility index (Phi) is 6.54. The molecule has 35 heavy (non-hydrogen) atoms. The third-order valence-corrected chi connectivity index (χ3v) is 6.40. The van der Waals surface area contributed by atoms with Crippen LogP contribution in [0.1, 0.15) is 29.9 Å². The van der Waals surface area contributed by atoms with Crippen molar-refractivity contribution in [2.75, 3.05) is 11.9 Å². The maximum absolute atomic E-state index is 14.0. The molecule has 1 aliphatic heterocycles. The van der Waals surface area contributed by atoms with Crippen molar-refractivity contribution in [3.8, 4) is 5.69 Å². The van der Waals surface area contributed by atoms with Crippen LogP contribution >= 0.6 is 12.2 Å². The highest BCUT2D eigenvalue weighted by Crippen LogP contribution is 2.39. The first-order valence-electron chi connectivity index (χ1n) is 11.4. The van der Waals surface area contributed by atoms with Crippen LogP contribution in [-0.2, 0) is 4.79 Å². The number of pyridine rings is 1. The summed E-state index contributed by atoms with van der Waals surface area (Å²) in [6, 6.07) is 25.7. The quantitative estimate of drug-likeness (QED) is 0.360. The first-order chi connectivity index (χ1) is 17.1. The third kappa shape index (κ3) is 4.79. The average molecular weight is 486 g/mol. The summed E-state index contributed by atoms with van der Waals surface area (Å²) in [5.74, 6) is -0.746. The van der Waals surface area contributed by atoms with Crippen LogP contribution in [0.15, 0.2) is 97.3 Å². The van der Waals surface area contributed by atoms with E-state index < -0.39 is 5.82 Å². The zero-order valence-electron chi connectivity index (χ0n) is 18.8. The number of thiocarbonyl (C=S) groups is 1. The predicted octanol–water partition coefficient (Wildman–Crippen LogP) is 5.01. The maximum atomic E-state index is 14.0. The molecule has 5 rings (SSSR count). The number of rotatable bonds is 7. The number of hydrogen-bond acceptors (Lipinski definition) is 3. The standard InChI is InChI=1S/C27H24FN5OS/c28-20-11-4-5-12-21(20)30-24(34)15-18-33-26(25(31-27(33)35)22-13-6-7-16-29-22)23-14-8-17-32(23)19-9-2-1-3-10-19/h1-14,16-17,25-26H,15,18H2,(H,30,34)(H,31,35)/t25-,26+/m1/s1. The largest absolute Gasteiger partial charge is 0.352 e. The smallest absolute Gasteiger partial charge is 0.226 e. The van der Waals surface area contributed by atoms with Gasteiger partial charge in [-0.25, -0.2) is 4.39 Å². The van der Waals surface area contributed by atoms with Gasteiger partial charge in [-0.3, -0.25) is 9.78 Å². The Labute approximate surface area is 208 Å². The van der Waals surface area contributed by atoms with Gasteiger partial charge in [-0.05, 0) is 60.7 Å². The molecule has 0 spiro atoms. The molecule has 176 valence electrons. The lowest BCUT2D eigenvalue weighted by Gasteiger charge is -2.28. The van der Waals surface area contributed by atoms with Crippen molar-refractivity contribution in [2.45, 2.75) is 18.5 Å². The van der Waals surface area contributed by atoms with Gasteiger partial charge in [0, 0.05) is 36.7 Å². The molecule has 4 aromatic rings. The van der Waals surface area contributed by atoms with Crippen molar-refractivity contribution in [3.63, 3.8) is 0 Å². The van der Waals surface area contributed by atoms with E-state index in [-0.39, 0.29) is 30.1 Å². The summed E-state index contributed by atoms with van der Waals surface area (Å²) in [5, 5.41) is 6.61. The highest BCUT2D eigenvalue weighted by molar-refractivity contribution is 7.80. The second-order valence-electron chi connectivity index (χ2n) is 8.24. The van der Waals surface area contributed by atoms with Crippen molar-refractivity contribution in [1.82, 2.24) is 19.8 Å². The number of halogens is 1. The first-order valence-corrected chi connectivity index (χ1v) is 11.8. The minimum atomic E-state index is -0.465. The van der Waals surface area contributed by atoms with Crippen LogP contribution < -0.4 is 10.6 Å². The van der Waals surface area contributed by atoms with E-state index >= 15 is 0 Å². The van der Waals surface area contributed by atoms with Crippen LogP contribution in [-0.4, -0.2) is 32.0 Å². The Morgan fingerprint density at radius 2 is 1.77 bits per heavy atom. The molecule has 0 unspecified atom stereocenters. The van der Waals surface area contributed by atoms with E-state index in [1.807, 2.05) is 65.7 Å². The Morgan fingerprint density at radius 1 is 1.00 bits per heavy atom. The number of carbonyl (C=O) groups is 1. The number of para-hydroxylation sites is 2. The summed E-state index contributed by atoms with van der Waals surface area (Å²) in [6.07, 6.45) is 3.93. The van der Waals surface area contributed by atoms with Crippen LogP contribution in [0, 0.1) is 5.82 Å². The summed E-state index contributed by atoms with van der Waals surface area (Å²) < 4.78 is 16.1. The molecule has 1 saturated heterocycles. The van der Waals surface area contributed by atoms with E-state index in [1.54, 1.807) is 24.4 Å². The molecule has 1 amide bonds. The van der Waals surface area contributed by atoms with Gasteiger partial charge >= 0.3 is 0 Å². The average Bonchev–Trinajstić information content (AvgIpc) is 3.49. The zero-order valence-corrected chi connectivity index (χ0v) is 19.7. The Bertz CT molecular complexity index is 1330. The number of benzene rings is 2. The van der Waals surface area contributed by atoms with Gasteiger partial charge in [0.25, 0.3) is 0 Å². The maximum Gasteiger partial charge on any atom is 0.226 e. The van der Waals surface area contributed by atoms with Gasteiger partial charge < -0.3 is 20.1 Å². The van der Waals surface area contributed by atoms with Gasteiger partial charge in [0.2, 0.25) is 5.91 Å². The number of nitrogens with zero attached hydrogens (tertiary/aromatic N) is 3. The Morgan fingerprint density at radius 3 is 2.54 bits per heavy atom. The molecular formula is C27H24FN5OS. The lowest BCUT2D eigenvalue weighted by molar-refractivity contribution is -0.116. The second-order valence-corrected chi connectivity index (χ2v) is 8.62. The van der Waals surface area contributed by atoms with E-state index in [4.69, 9.17) is 12.2 Å². The number of nitrogens with one attached hydrogen (secondary N) is 2. The van der Waals surface area contributed by atoms with E-state index in [0.29, 0.717) is 11.7 Å². The summed E-state index contributed by atoms with van der Waals surface area (Å²) in [7, 11) is 0. The lowest BCUT2D eigenvalue weighted by atomic mass is 10.0. The molecule has 3 heterocycles. The van der Waals surface area contributed by atoms with Crippen LogP contribution in [0.2, 0.25) is 0 Å². The van der Waals surface area contributed by atoms with E-state index in [9.17, 15) is 9.18 Å². The fourth-order valence-corrected chi connectivity index (χ4v) is 4.76. The molecule has 6 nitrogen and oxygen atoms in total. The van der Waals surface area contributed by atoms with Gasteiger partial charge in [-0.1, -0.05) is 36.4 Å². The van der Waals surface area contributed by atoms with Crippen molar-refractivity contribution < 1.29 is 9.18 Å². The van der Waals surface area contributed by atoms with E-state index in [0.717, 1.165) is 17.1 Å². The van der Waals surface area contributed by atoms with E-state index in [1.165, 1.54) is 6.07 Å². The predicted molar refractivity (Wildman–Crippen MR) is 138 cm³/mol. The molecule has 2 N–H and O–H groups in total. The van der Waals surface area contributed by atoms with Gasteiger partial charge in [0.1, 0.15) is 5.82 Å². The van der Waals surface area contributed by atoms with Gasteiger partial charge in [0.05, 0.1) is 23.5 Å². The summed E-state index contributed by atoms with van der Waals surface area (Å²) in [5.41, 5.74) is 3.08. The minimum absolute atomic E-state index is 0.146. The molecule has 2 atom stereocenters. The van der Waals surface area contributed by atoms with Crippen LogP contribution in [0.5, 0.6) is 0 Å². The molecule has 0 aliphatic carbocycles. The monoisotopic (exact) mass is 485 g/mol. The normalized spacial score (nSPS) is 17.3. The number of anilines is 1. The Hall–Kier alpha value is -4.04. The number of hydrogen-bond donors (Lipinski definition) is 2. The van der Waals surface area contributed by atoms with E-state index in [2.05, 4.69) is 26.3 Å². The molecule has 2 aromatic carbocycles. The summed E-state index contributed by atoms with van der Waals surface area (Å²) in [6.45, 7) is 0.361. The fraction of sp³-hybridized carbons (Fsp3) is 0.148. The van der Waals surface area contributed by atoms with Crippen LogP contribution in [0.3, 0.4) is 0 Å². The van der Waals surface area contributed by atoms with Gasteiger partial charge in [0.15, 0.2) is 5.11 Å². The topological polar surface area (TPSA) is 62.2 Å². The molecule has 8 heteroatoms. The van der Waals surface area contributed by atoms with Gasteiger partial charge in [-0.2, -0.15) is 0 Å². The molecule has 0 saturated carbocycles. The van der Waals surface area contributed by atoms with Gasteiger partial charge in [-0.15, -0.1) is 0 Å². The number of aromatic nitrogens is 2. The number of carbonyl (C=O) groups excluding carboxylic acids is 1. The molecule has 1 aliphatic rings. The molecular weight excluding hydrogens is 461 g/mol. The summed E-state index contributed by atoms with van der Waals surface area (Å²) in [4.78, 5) is 19.3. The minimum Gasteiger partial charge on any atom is -0.352 e. The highest BCUT2D eigenvalue weighted by atomic mass is 32.1. The van der Waals surface area contributed by atoms with Crippen molar-refractivity contribution in [1.29, 1.82) is 0 Å². The first kappa shape index (κ1) is 22.7. The van der Waals surface area contributed by atoms with Crippen LogP contribution in [0.4, 0.5) is 10.1 Å². The second kappa shape index (κ2) is 10.1. The third-order valence-electron chi connectivity index (χ3n) is 6.04.